The first-order valence-electron chi connectivity index (χ1n) is 6.99. The maximum atomic E-state index is 12.7. The van der Waals surface area contributed by atoms with Crippen molar-refractivity contribution < 1.29 is 19.1 Å². The van der Waals surface area contributed by atoms with Crippen LogP contribution in [-0.4, -0.2) is 23.5 Å². The highest BCUT2D eigenvalue weighted by molar-refractivity contribution is 6.29. The minimum absolute atomic E-state index is 0.146. The van der Waals surface area contributed by atoms with E-state index in [4.69, 9.17) is 4.74 Å². The fourth-order valence-electron chi connectivity index (χ4n) is 2.49. The summed E-state index contributed by atoms with van der Waals surface area (Å²) in [5, 5.41) is 0. The van der Waals surface area contributed by atoms with Crippen molar-refractivity contribution in [2.45, 2.75) is 20.0 Å². The van der Waals surface area contributed by atoms with E-state index in [2.05, 4.69) is 0 Å². The summed E-state index contributed by atoms with van der Waals surface area (Å²) in [6, 6.07) is 11.6. The van der Waals surface area contributed by atoms with Gasteiger partial charge in [0.1, 0.15) is 5.75 Å². The molecule has 0 bridgehead atoms. The van der Waals surface area contributed by atoms with Crippen LogP contribution in [0, 0.1) is 0 Å². The number of benzene rings is 2. The topological polar surface area (TPSA) is 60.4 Å². The maximum Gasteiger partial charge on any atom is 0.198 e. The smallest absolute Gasteiger partial charge is 0.198 e. The zero-order valence-electron chi connectivity index (χ0n) is 12.3. The minimum Gasteiger partial charge on any atom is -0.482 e. The van der Waals surface area contributed by atoms with E-state index < -0.39 is 6.10 Å². The first-order chi connectivity index (χ1) is 10.5. The molecule has 110 valence electrons. The van der Waals surface area contributed by atoms with E-state index in [-0.39, 0.29) is 28.7 Å². The van der Waals surface area contributed by atoms with Gasteiger partial charge in [0.25, 0.3) is 0 Å². The number of ketones is 3. The van der Waals surface area contributed by atoms with Crippen molar-refractivity contribution in [3.63, 3.8) is 0 Å². The quantitative estimate of drug-likeness (QED) is 0.745. The summed E-state index contributed by atoms with van der Waals surface area (Å²) in [5.74, 6) is -0.330. The van der Waals surface area contributed by atoms with Gasteiger partial charge in [-0.1, -0.05) is 36.4 Å². The third kappa shape index (κ3) is 2.13. The first-order valence-corrected chi connectivity index (χ1v) is 6.99. The van der Waals surface area contributed by atoms with Crippen molar-refractivity contribution in [3.8, 4) is 5.75 Å². The van der Waals surface area contributed by atoms with Crippen LogP contribution in [0.2, 0.25) is 0 Å². The van der Waals surface area contributed by atoms with Crippen LogP contribution in [0.25, 0.3) is 0 Å². The molecule has 0 aromatic heterocycles. The third-order valence-corrected chi connectivity index (χ3v) is 3.79. The summed E-state index contributed by atoms with van der Waals surface area (Å²) in [6.07, 6.45) is -0.674. The molecule has 0 heterocycles. The predicted molar refractivity (Wildman–Crippen MR) is 80.5 cm³/mol. The zero-order valence-corrected chi connectivity index (χ0v) is 12.3. The SMILES string of the molecule is CC(=O)C(C)Oc1cccc2c1C(=O)c1ccccc1C2=O. The summed E-state index contributed by atoms with van der Waals surface area (Å²) in [4.78, 5) is 36.6. The summed E-state index contributed by atoms with van der Waals surface area (Å²) in [7, 11) is 0. The van der Waals surface area contributed by atoms with E-state index in [1.165, 1.54) is 6.92 Å². The average Bonchev–Trinajstić information content (AvgIpc) is 2.52. The molecule has 22 heavy (non-hydrogen) atoms. The number of rotatable bonds is 3. The lowest BCUT2D eigenvalue weighted by Crippen LogP contribution is -2.25. The van der Waals surface area contributed by atoms with E-state index in [9.17, 15) is 14.4 Å². The van der Waals surface area contributed by atoms with Gasteiger partial charge in [-0.05, 0) is 19.9 Å². The lowest BCUT2D eigenvalue weighted by Gasteiger charge is -2.21. The normalized spacial score (nSPS) is 14.1. The van der Waals surface area contributed by atoms with Crippen LogP contribution in [0.3, 0.4) is 0 Å². The summed E-state index contributed by atoms with van der Waals surface area (Å²) < 4.78 is 5.59. The highest BCUT2D eigenvalue weighted by Crippen LogP contribution is 2.33. The molecule has 1 aliphatic carbocycles. The van der Waals surface area contributed by atoms with Gasteiger partial charge in [0, 0.05) is 16.7 Å². The van der Waals surface area contributed by atoms with Crippen LogP contribution >= 0.6 is 0 Å². The van der Waals surface area contributed by atoms with Crippen molar-refractivity contribution in [1.82, 2.24) is 0 Å². The Kier molecular flexibility index (Phi) is 3.37. The first kappa shape index (κ1) is 14.2. The van der Waals surface area contributed by atoms with E-state index in [0.717, 1.165) is 0 Å². The number of carbonyl (C=O) groups is 3. The number of fused-ring (bicyclic) bond motifs is 2. The Morgan fingerprint density at radius 1 is 0.909 bits per heavy atom. The van der Waals surface area contributed by atoms with E-state index in [1.807, 2.05) is 0 Å². The Hall–Kier alpha value is -2.75. The number of hydrogen-bond donors (Lipinski definition) is 0. The number of ether oxygens (including phenoxy) is 1. The molecule has 4 heteroatoms. The molecule has 1 unspecified atom stereocenters. The largest absolute Gasteiger partial charge is 0.482 e. The van der Waals surface area contributed by atoms with Crippen molar-refractivity contribution in [2.75, 3.05) is 0 Å². The zero-order chi connectivity index (χ0) is 15.9. The molecule has 1 atom stereocenters. The molecule has 4 nitrogen and oxygen atoms in total. The van der Waals surface area contributed by atoms with Crippen LogP contribution in [-0.2, 0) is 4.79 Å². The van der Waals surface area contributed by atoms with E-state index in [1.54, 1.807) is 49.4 Å². The van der Waals surface area contributed by atoms with Gasteiger partial charge in [0.15, 0.2) is 23.5 Å². The molecule has 2 aromatic carbocycles. The van der Waals surface area contributed by atoms with Gasteiger partial charge >= 0.3 is 0 Å². The van der Waals surface area contributed by atoms with Crippen molar-refractivity contribution >= 4 is 17.3 Å². The Balaban J connectivity index is 2.15. The van der Waals surface area contributed by atoms with Crippen molar-refractivity contribution in [1.29, 1.82) is 0 Å². The molecule has 0 spiro atoms. The molecular formula is C18H14O4. The lowest BCUT2D eigenvalue weighted by atomic mass is 9.83. The van der Waals surface area contributed by atoms with Gasteiger partial charge in [-0.15, -0.1) is 0 Å². The standard InChI is InChI=1S/C18H14O4/c1-10(19)11(2)22-15-9-5-8-14-16(15)18(21)13-7-4-3-6-12(13)17(14)20/h3-9,11H,1-2H3. The highest BCUT2D eigenvalue weighted by Gasteiger charge is 2.32. The minimum atomic E-state index is -0.674. The molecule has 0 radical (unpaired) electrons. The van der Waals surface area contributed by atoms with Crippen LogP contribution in [0.1, 0.15) is 45.7 Å². The molecule has 0 N–H and O–H groups in total. The lowest BCUT2D eigenvalue weighted by molar-refractivity contribution is -0.122. The second-order valence-electron chi connectivity index (χ2n) is 5.25. The van der Waals surface area contributed by atoms with Crippen LogP contribution in [0.5, 0.6) is 5.75 Å². The number of Topliss-reactive ketones (excluding diaryl/α,β-unsaturated/α-hetero) is 1. The fraction of sp³-hybridized carbons (Fsp3) is 0.167. The molecule has 0 saturated heterocycles. The maximum absolute atomic E-state index is 12.7. The summed E-state index contributed by atoms with van der Waals surface area (Å²) >= 11 is 0. The summed E-state index contributed by atoms with van der Waals surface area (Å²) in [6.45, 7) is 3.03. The predicted octanol–water partition coefficient (Wildman–Crippen LogP) is 2.82. The van der Waals surface area contributed by atoms with Gasteiger partial charge in [-0.3, -0.25) is 14.4 Å². The van der Waals surface area contributed by atoms with Crippen LogP contribution in [0.15, 0.2) is 42.5 Å². The molecular weight excluding hydrogens is 280 g/mol. The van der Waals surface area contributed by atoms with Crippen LogP contribution < -0.4 is 4.74 Å². The van der Waals surface area contributed by atoms with Crippen molar-refractivity contribution in [2.24, 2.45) is 0 Å². The van der Waals surface area contributed by atoms with E-state index >= 15 is 0 Å². The fourth-order valence-corrected chi connectivity index (χ4v) is 2.49. The molecule has 0 saturated carbocycles. The number of hydrogen-bond acceptors (Lipinski definition) is 4. The van der Waals surface area contributed by atoms with Gasteiger partial charge in [0.2, 0.25) is 0 Å². The molecule has 0 aliphatic heterocycles. The molecule has 0 amide bonds. The molecule has 0 fully saturated rings. The molecule has 1 aliphatic rings. The van der Waals surface area contributed by atoms with Gasteiger partial charge in [-0.2, -0.15) is 0 Å². The Morgan fingerprint density at radius 2 is 1.50 bits per heavy atom. The average molecular weight is 294 g/mol. The molecule has 3 rings (SSSR count). The number of carbonyl (C=O) groups excluding carboxylic acids is 3. The van der Waals surface area contributed by atoms with Gasteiger partial charge < -0.3 is 4.74 Å². The third-order valence-electron chi connectivity index (χ3n) is 3.79. The van der Waals surface area contributed by atoms with E-state index in [0.29, 0.717) is 16.7 Å². The second kappa shape index (κ2) is 5.22. The highest BCUT2D eigenvalue weighted by atomic mass is 16.5. The Bertz CT molecular complexity index is 804. The van der Waals surface area contributed by atoms with Gasteiger partial charge in [-0.25, -0.2) is 0 Å². The van der Waals surface area contributed by atoms with Gasteiger partial charge in [0.05, 0.1) is 5.56 Å². The Morgan fingerprint density at radius 3 is 2.14 bits per heavy atom. The monoisotopic (exact) mass is 294 g/mol. The summed E-state index contributed by atoms with van der Waals surface area (Å²) in [5.41, 5.74) is 1.32. The second-order valence-corrected chi connectivity index (χ2v) is 5.25. The van der Waals surface area contributed by atoms with Crippen LogP contribution in [0.4, 0.5) is 0 Å². The Labute approximate surface area is 127 Å². The van der Waals surface area contributed by atoms with Crippen molar-refractivity contribution in [3.05, 3.63) is 64.7 Å². The molecule has 2 aromatic rings.